The summed E-state index contributed by atoms with van der Waals surface area (Å²) in [7, 11) is -3.41. The third-order valence-corrected chi connectivity index (χ3v) is 7.73. The van der Waals surface area contributed by atoms with Gasteiger partial charge in [0.2, 0.25) is 0 Å². The Bertz CT molecular complexity index is 1300. The van der Waals surface area contributed by atoms with Gasteiger partial charge in [0.25, 0.3) is 0 Å². The van der Waals surface area contributed by atoms with Crippen molar-refractivity contribution in [2.75, 3.05) is 12.9 Å². The van der Waals surface area contributed by atoms with Gasteiger partial charge in [0.1, 0.15) is 5.75 Å². The Morgan fingerprint density at radius 1 is 0.765 bits per heavy atom. The molecule has 0 aliphatic carbocycles. The van der Waals surface area contributed by atoms with E-state index in [4.69, 9.17) is 4.74 Å². The van der Waals surface area contributed by atoms with Crippen LogP contribution in [0.25, 0.3) is 22.3 Å². The van der Waals surface area contributed by atoms with Gasteiger partial charge in [0.05, 0.1) is 11.5 Å². The predicted molar refractivity (Wildman–Crippen MR) is 142 cm³/mol. The number of sulfone groups is 1. The normalized spacial score (nSPS) is 14.4. The van der Waals surface area contributed by atoms with Gasteiger partial charge < -0.3 is 4.74 Å². The van der Waals surface area contributed by atoms with Gasteiger partial charge in [-0.25, -0.2) is 8.42 Å². The molecule has 0 radical (unpaired) electrons. The number of ether oxygens (including phenoxy) is 1. The number of benzene rings is 3. The lowest BCUT2D eigenvalue weighted by Gasteiger charge is -2.28. The molecule has 0 unspecified atom stereocenters. The first-order chi connectivity index (χ1) is 15.7. The Hall–Kier alpha value is -2.59. The van der Waals surface area contributed by atoms with E-state index >= 15 is 0 Å². The van der Waals surface area contributed by atoms with Crippen LogP contribution in [0.15, 0.2) is 59.5 Å². The summed E-state index contributed by atoms with van der Waals surface area (Å²) in [6.07, 6.45) is 2.99. The molecule has 1 aliphatic rings. The molecule has 0 saturated carbocycles. The van der Waals surface area contributed by atoms with Crippen molar-refractivity contribution in [2.45, 2.75) is 70.1 Å². The number of rotatable bonds is 2. The van der Waals surface area contributed by atoms with Crippen molar-refractivity contribution >= 4 is 9.84 Å². The third-order valence-electron chi connectivity index (χ3n) is 6.63. The van der Waals surface area contributed by atoms with Crippen molar-refractivity contribution in [3.8, 4) is 28.0 Å². The van der Waals surface area contributed by atoms with Crippen LogP contribution in [0.5, 0.6) is 5.75 Å². The molecule has 0 N–H and O–H groups in total. The molecular formula is C30H36O3S. The molecule has 34 heavy (non-hydrogen) atoms. The van der Waals surface area contributed by atoms with Gasteiger partial charge in [0.15, 0.2) is 9.84 Å². The van der Waals surface area contributed by atoms with E-state index in [1.807, 2.05) is 36.4 Å². The Morgan fingerprint density at radius 2 is 1.35 bits per heavy atom. The minimum absolute atomic E-state index is 0.0284. The third kappa shape index (κ3) is 4.93. The molecule has 0 spiro atoms. The average molecular weight is 477 g/mol. The van der Waals surface area contributed by atoms with Gasteiger partial charge in [-0.3, -0.25) is 0 Å². The maximum absolute atomic E-state index is 12.8. The number of para-hydroxylation sites is 1. The number of hydrogen-bond donors (Lipinski definition) is 0. The fourth-order valence-corrected chi connectivity index (χ4v) is 5.19. The monoisotopic (exact) mass is 476 g/mol. The predicted octanol–water partition coefficient (Wildman–Crippen LogP) is 7.34. The molecule has 0 bridgehead atoms. The summed E-state index contributed by atoms with van der Waals surface area (Å²) in [6.45, 7) is 14.0. The fraction of sp³-hybridized carbons (Fsp3) is 0.400. The summed E-state index contributed by atoms with van der Waals surface area (Å²) in [5.74, 6) is 0.805. The smallest absolute Gasteiger partial charge is 0.175 e. The largest absolute Gasteiger partial charge is 0.493 e. The molecule has 0 amide bonds. The molecule has 0 aromatic heterocycles. The Labute approximate surface area is 205 Å². The fourth-order valence-electron chi connectivity index (χ4n) is 4.52. The molecule has 1 heterocycles. The zero-order valence-electron chi connectivity index (χ0n) is 21.5. The number of hydrogen-bond acceptors (Lipinski definition) is 3. The van der Waals surface area contributed by atoms with Gasteiger partial charge in [-0.05, 0) is 75.3 Å². The summed E-state index contributed by atoms with van der Waals surface area (Å²) in [6, 6.07) is 18.5. The van der Waals surface area contributed by atoms with E-state index in [9.17, 15) is 8.42 Å². The van der Waals surface area contributed by atoms with Crippen molar-refractivity contribution < 1.29 is 13.2 Å². The van der Waals surface area contributed by atoms with Crippen molar-refractivity contribution in [2.24, 2.45) is 0 Å². The SMILES string of the molecule is CC(C)(C)c1cc(-c2cc(S(C)(=O)=O)cc3c2CCCOc2ccccc2-3)cc(C(C)(C)C)c1. The topological polar surface area (TPSA) is 43.4 Å². The van der Waals surface area contributed by atoms with E-state index in [2.05, 4.69) is 59.7 Å². The molecule has 4 heteroatoms. The lowest BCUT2D eigenvalue weighted by molar-refractivity contribution is 0.310. The zero-order chi connectivity index (χ0) is 24.9. The first kappa shape index (κ1) is 24.5. The standard InChI is InChI=1S/C30H36O3S/c1-29(2,3)21-15-20(16-22(17-21)30(4,5)6)26-18-23(34(7,31)32)19-27-24(26)12-10-14-33-28-13-9-8-11-25(27)28/h8-9,11,13,15-19H,10,12,14H2,1-7H3. The van der Waals surface area contributed by atoms with Gasteiger partial charge in [-0.1, -0.05) is 77.9 Å². The highest BCUT2D eigenvalue weighted by Crippen LogP contribution is 2.42. The minimum Gasteiger partial charge on any atom is -0.493 e. The lowest BCUT2D eigenvalue weighted by atomic mass is 9.78. The van der Waals surface area contributed by atoms with E-state index in [0.29, 0.717) is 11.5 Å². The Morgan fingerprint density at radius 3 is 1.94 bits per heavy atom. The van der Waals surface area contributed by atoms with Crippen LogP contribution in [-0.2, 0) is 27.1 Å². The molecule has 1 aliphatic heterocycles. The van der Waals surface area contributed by atoms with E-state index in [-0.39, 0.29) is 10.8 Å². The van der Waals surface area contributed by atoms with Gasteiger partial charge in [0, 0.05) is 11.8 Å². The van der Waals surface area contributed by atoms with Gasteiger partial charge >= 0.3 is 0 Å². The molecule has 180 valence electrons. The molecule has 0 saturated heterocycles. The molecule has 0 fully saturated rings. The van der Waals surface area contributed by atoms with Crippen LogP contribution in [0.3, 0.4) is 0 Å². The van der Waals surface area contributed by atoms with Crippen LogP contribution < -0.4 is 4.74 Å². The molecule has 3 aromatic rings. The van der Waals surface area contributed by atoms with Crippen LogP contribution in [-0.4, -0.2) is 21.3 Å². The molecule has 3 nitrogen and oxygen atoms in total. The first-order valence-electron chi connectivity index (χ1n) is 12.0. The second-order valence-corrected chi connectivity index (χ2v) is 13.5. The van der Waals surface area contributed by atoms with Crippen molar-refractivity contribution in [1.29, 1.82) is 0 Å². The second-order valence-electron chi connectivity index (χ2n) is 11.5. The van der Waals surface area contributed by atoms with E-state index < -0.39 is 9.84 Å². The molecule has 4 rings (SSSR count). The summed E-state index contributed by atoms with van der Waals surface area (Å²) < 4.78 is 31.6. The quantitative estimate of drug-likeness (QED) is 0.388. The van der Waals surface area contributed by atoms with Gasteiger partial charge in [-0.15, -0.1) is 0 Å². The highest BCUT2D eigenvalue weighted by atomic mass is 32.2. The van der Waals surface area contributed by atoms with E-state index in [0.717, 1.165) is 40.8 Å². The van der Waals surface area contributed by atoms with Crippen molar-refractivity contribution in [3.05, 3.63) is 71.3 Å². The lowest BCUT2D eigenvalue weighted by Crippen LogP contribution is -2.17. The average Bonchev–Trinajstić information content (AvgIpc) is 2.72. The summed E-state index contributed by atoms with van der Waals surface area (Å²) >= 11 is 0. The Kier molecular flexibility index (Phi) is 6.18. The maximum atomic E-state index is 12.8. The highest BCUT2D eigenvalue weighted by Gasteiger charge is 2.25. The van der Waals surface area contributed by atoms with E-state index in [1.165, 1.54) is 22.9 Å². The van der Waals surface area contributed by atoms with Crippen LogP contribution in [0.1, 0.15) is 64.7 Å². The molecule has 3 aromatic carbocycles. The summed E-state index contributed by atoms with van der Waals surface area (Å²) in [5.41, 5.74) is 7.63. The van der Waals surface area contributed by atoms with Crippen LogP contribution in [0.2, 0.25) is 0 Å². The first-order valence-corrected chi connectivity index (χ1v) is 13.9. The van der Waals surface area contributed by atoms with Crippen LogP contribution in [0, 0.1) is 0 Å². The van der Waals surface area contributed by atoms with Crippen LogP contribution in [0.4, 0.5) is 0 Å². The van der Waals surface area contributed by atoms with Crippen molar-refractivity contribution in [3.63, 3.8) is 0 Å². The zero-order valence-corrected chi connectivity index (χ0v) is 22.3. The van der Waals surface area contributed by atoms with Crippen LogP contribution >= 0.6 is 0 Å². The van der Waals surface area contributed by atoms with Crippen molar-refractivity contribution in [1.82, 2.24) is 0 Å². The summed E-state index contributed by atoms with van der Waals surface area (Å²) in [4.78, 5) is 0.343. The van der Waals surface area contributed by atoms with E-state index in [1.54, 1.807) is 0 Å². The summed E-state index contributed by atoms with van der Waals surface area (Å²) in [5, 5.41) is 0. The Balaban J connectivity index is 2.11. The second kappa shape index (κ2) is 8.57. The number of fused-ring (bicyclic) bond motifs is 3. The maximum Gasteiger partial charge on any atom is 0.175 e. The molecule has 0 atom stereocenters. The van der Waals surface area contributed by atoms with Gasteiger partial charge in [-0.2, -0.15) is 0 Å². The minimum atomic E-state index is -3.41. The highest BCUT2D eigenvalue weighted by molar-refractivity contribution is 7.90. The molecular weight excluding hydrogens is 440 g/mol.